The van der Waals surface area contributed by atoms with Crippen LogP contribution in [-0.2, 0) is 14.8 Å². The summed E-state index contributed by atoms with van der Waals surface area (Å²) in [7, 11) is -1.93. The molecular formula is C21H25N3O4S. The van der Waals surface area contributed by atoms with Crippen LogP contribution in [0.2, 0.25) is 0 Å². The Balaban J connectivity index is 1.61. The number of nitrogens with zero attached hydrogens (tertiary/aromatic N) is 2. The first kappa shape index (κ1) is 20.9. The van der Waals surface area contributed by atoms with Gasteiger partial charge in [-0.3, -0.25) is 4.79 Å². The van der Waals surface area contributed by atoms with Crippen LogP contribution in [0.15, 0.2) is 51.8 Å². The predicted octanol–water partition coefficient (Wildman–Crippen LogP) is 3.13. The second-order valence-electron chi connectivity index (χ2n) is 7.14. The number of rotatable bonds is 6. The molecule has 2 aromatic carbocycles. The van der Waals surface area contributed by atoms with Crippen LogP contribution < -0.4 is 10.1 Å². The van der Waals surface area contributed by atoms with E-state index in [4.69, 9.17) is 4.74 Å². The summed E-state index contributed by atoms with van der Waals surface area (Å²) < 4.78 is 34.4. The fourth-order valence-corrected chi connectivity index (χ4v) is 4.11. The molecule has 7 nitrogen and oxygen atoms in total. The average molecular weight is 416 g/mol. The van der Waals surface area contributed by atoms with Crippen molar-refractivity contribution in [1.29, 1.82) is 0 Å². The molecule has 1 aliphatic heterocycles. The topological polar surface area (TPSA) is 88.1 Å². The SMILES string of the molecule is Cc1ccc(C)c(OCC(=O)Nc2ccc(S(=O)(=O)/N=C3/CCCN3C)cc2)c1. The van der Waals surface area contributed by atoms with Gasteiger partial charge in [-0.1, -0.05) is 12.1 Å². The molecule has 0 atom stereocenters. The van der Waals surface area contributed by atoms with E-state index < -0.39 is 10.0 Å². The highest BCUT2D eigenvalue weighted by Crippen LogP contribution is 2.20. The Morgan fingerprint density at radius 2 is 1.90 bits per heavy atom. The van der Waals surface area contributed by atoms with Gasteiger partial charge in [-0.25, -0.2) is 0 Å². The lowest BCUT2D eigenvalue weighted by atomic mass is 10.1. The molecule has 1 N–H and O–H groups in total. The summed E-state index contributed by atoms with van der Waals surface area (Å²) in [6.45, 7) is 4.55. The standard InChI is InChI=1S/C21H25N3O4S/c1-15-6-7-16(2)19(13-15)28-14-21(25)22-17-8-10-18(11-9-17)29(26,27)23-20-5-4-12-24(20)3/h6-11,13H,4-5,12,14H2,1-3H3,(H,22,25)/b23-20-. The molecule has 154 valence electrons. The summed E-state index contributed by atoms with van der Waals surface area (Å²) in [5, 5.41) is 2.70. The van der Waals surface area contributed by atoms with Crippen molar-refractivity contribution in [3.8, 4) is 5.75 Å². The van der Waals surface area contributed by atoms with Crippen molar-refractivity contribution in [1.82, 2.24) is 4.90 Å². The van der Waals surface area contributed by atoms with Crippen LogP contribution in [-0.4, -0.2) is 45.3 Å². The number of carbonyl (C=O) groups is 1. The third kappa shape index (κ3) is 5.35. The molecule has 1 saturated heterocycles. The van der Waals surface area contributed by atoms with Crippen molar-refractivity contribution < 1.29 is 17.9 Å². The second-order valence-corrected chi connectivity index (χ2v) is 8.74. The van der Waals surface area contributed by atoms with Crippen molar-refractivity contribution in [3.63, 3.8) is 0 Å². The predicted molar refractivity (Wildman–Crippen MR) is 113 cm³/mol. The molecule has 1 amide bonds. The summed E-state index contributed by atoms with van der Waals surface area (Å²) in [5.41, 5.74) is 2.49. The van der Waals surface area contributed by atoms with Crippen LogP contribution in [0.3, 0.4) is 0 Å². The molecule has 0 bridgehead atoms. The maximum Gasteiger partial charge on any atom is 0.283 e. The van der Waals surface area contributed by atoms with E-state index in [2.05, 4.69) is 9.71 Å². The number of likely N-dealkylation sites (tertiary alicyclic amines) is 1. The number of sulfonamides is 1. The molecule has 2 aromatic rings. The molecular weight excluding hydrogens is 390 g/mol. The van der Waals surface area contributed by atoms with Gasteiger partial charge in [0, 0.05) is 25.7 Å². The minimum atomic E-state index is -3.77. The van der Waals surface area contributed by atoms with Crippen LogP contribution in [0.5, 0.6) is 5.75 Å². The Kier molecular flexibility index (Phi) is 6.22. The van der Waals surface area contributed by atoms with Gasteiger partial charge in [0.2, 0.25) is 0 Å². The van der Waals surface area contributed by atoms with Crippen molar-refractivity contribution in [2.75, 3.05) is 25.5 Å². The molecule has 0 unspecified atom stereocenters. The van der Waals surface area contributed by atoms with E-state index in [1.165, 1.54) is 12.1 Å². The van der Waals surface area contributed by atoms with Crippen molar-refractivity contribution in [2.24, 2.45) is 4.40 Å². The van der Waals surface area contributed by atoms with E-state index >= 15 is 0 Å². The fourth-order valence-electron chi connectivity index (χ4n) is 3.01. The zero-order valence-electron chi connectivity index (χ0n) is 16.8. The molecule has 0 spiro atoms. The third-order valence-corrected chi connectivity index (χ3v) is 6.02. The van der Waals surface area contributed by atoms with E-state index in [0.717, 1.165) is 24.1 Å². The Bertz CT molecular complexity index is 1030. The van der Waals surface area contributed by atoms with Crippen LogP contribution in [0.1, 0.15) is 24.0 Å². The molecule has 3 rings (SSSR count). The average Bonchev–Trinajstić information content (AvgIpc) is 3.07. The number of hydrogen-bond acceptors (Lipinski definition) is 4. The fraction of sp³-hybridized carbons (Fsp3) is 0.333. The second kappa shape index (κ2) is 8.65. The number of nitrogens with one attached hydrogen (secondary N) is 1. The highest BCUT2D eigenvalue weighted by atomic mass is 32.2. The summed E-state index contributed by atoms with van der Waals surface area (Å²) in [6, 6.07) is 11.8. The molecule has 8 heteroatoms. The highest BCUT2D eigenvalue weighted by molar-refractivity contribution is 7.90. The third-order valence-electron chi connectivity index (χ3n) is 4.70. The van der Waals surface area contributed by atoms with Gasteiger partial charge in [0.05, 0.1) is 4.90 Å². The van der Waals surface area contributed by atoms with E-state index in [1.54, 1.807) is 12.1 Å². The van der Waals surface area contributed by atoms with Gasteiger partial charge < -0.3 is 15.0 Å². The lowest BCUT2D eigenvalue weighted by Crippen LogP contribution is -2.21. The molecule has 0 aromatic heterocycles. The van der Waals surface area contributed by atoms with Crippen molar-refractivity contribution >= 4 is 27.5 Å². The van der Waals surface area contributed by atoms with Gasteiger partial charge >= 0.3 is 0 Å². The van der Waals surface area contributed by atoms with Crippen LogP contribution in [0.25, 0.3) is 0 Å². The zero-order chi connectivity index (χ0) is 21.0. The first-order valence-corrected chi connectivity index (χ1v) is 10.8. The minimum absolute atomic E-state index is 0.0925. The molecule has 0 radical (unpaired) electrons. The summed E-state index contributed by atoms with van der Waals surface area (Å²) >= 11 is 0. The van der Waals surface area contributed by atoms with E-state index in [9.17, 15) is 13.2 Å². The smallest absolute Gasteiger partial charge is 0.283 e. The zero-order valence-corrected chi connectivity index (χ0v) is 17.6. The molecule has 0 saturated carbocycles. The Labute approximate surface area is 171 Å². The van der Waals surface area contributed by atoms with Crippen molar-refractivity contribution in [2.45, 2.75) is 31.6 Å². The first-order valence-electron chi connectivity index (χ1n) is 9.39. The van der Waals surface area contributed by atoms with Crippen LogP contribution in [0.4, 0.5) is 5.69 Å². The van der Waals surface area contributed by atoms with Crippen LogP contribution >= 0.6 is 0 Å². The Morgan fingerprint density at radius 1 is 1.17 bits per heavy atom. The number of amidine groups is 1. The molecule has 1 aliphatic rings. The highest BCUT2D eigenvalue weighted by Gasteiger charge is 2.20. The maximum atomic E-state index is 12.5. The van der Waals surface area contributed by atoms with Gasteiger partial charge in [0.25, 0.3) is 15.9 Å². The summed E-state index contributed by atoms with van der Waals surface area (Å²) in [4.78, 5) is 14.1. The van der Waals surface area contributed by atoms with Gasteiger partial charge in [-0.05, 0) is 61.7 Å². The van der Waals surface area contributed by atoms with E-state index in [1.807, 2.05) is 44.0 Å². The quantitative estimate of drug-likeness (QED) is 0.783. The van der Waals surface area contributed by atoms with Gasteiger partial charge in [0.15, 0.2) is 6.61 Å². The monoisotopic (exact) mass is 415 g/mol. The maximum absolute atomic E-state index is 12.5. The minimum Gasteiger partial charge on any atom is -0.483 e. The largest absolute Gasteiger partial charge is 0.483 e. The van der Waals surface area contributed by atoms with E-state index in [0.29, 0.717) is 23.7 Å². The first-order chi connectivity index (χ1) is 13.7. The normalized spacial score (nSPS) is 15.6. The summed E-state index contributed by atoms with van der Waals surface area (Å²) in [5.74, 6) is 0.915. The van der Waals surface area contributed by atoms with Crippen LogP contribution in [0, 0.1) is 13.8 Å². The Morgan fingerprint density at radius 3 is 2.55 bits per heavy atom. The molecule has 1 fully saturated rings. The van der Waals surface area contributed by atoms with Crippen molar-refractivity contribution in [3.05, 3.63) is 53.6 Å². The number of aryl methyl sites for hydroxylation is 2. The van der Waals surface area contributed by atoms with E-state index in [-0.39, 0.29) is 17.4 Å². The molecule has 0 aliphatic carbocycles. The number of anilines is 1. The van der Waals surface area contributed by atoms with Gasteiger partial charge in [0.1, 0.15) is 11.6 Å². The summed E-state index contributed by atoms with van der Waals surface area (Å²) in [6.07, 6.45) is 1.56. The number of amides is 1. The molecule has 1 heterocycles. The van der Waals surface area contributed by atoms with Gasteiger partial charge in [-0.2, -0.15) is 8.42 Å². The number of hydrogen-bond donors (Lipinski definition) is 1. The Hall–Kier alpha value is -2.87. The lowest BCUT2D eigenvalue weighted by molar-refractivity contribution is -0.118. The van der Waals surface area contributed by atoms with Gasteiger partial charge in [-0.15, -0.1) is 4.40 Å². The molecule has 29 heavy (non-hydrogen) atoms. The number of carbonyl (C=O) groups excluding carboxylic acids is 1. The number of benzene rings is 2. The lowest BCUT2D eigenvalue weighted by Gasteiger charge is -2.11. The number of ether oxygens (including phenoxy) is 1.